The second-order valence-electron chi connectivity index (χ2n) is 7.78. The Morgan fingerprint density at radius 2 is 1.82 bits per heavy atom. The summed E-state index contributed by atoms with van der Waals surface area (Å²) in [6.07, 6.45) is 1.97. The van der Waals surface area contributed by atoms with Crippen molar-refractivity contribution in [2.24, 2.45) is 0 Å². The molecular formula is C23H26ClN3O. The van der Waals surface area contributed by atoms with Crippen molar-refractivity contribution in [1.82, 2.24) is 14.8 Å². The van der Waals surface area contributed by atoms with Gasteiger partial charge in [-0.2, -0.15) is 0 Å². The summed E-state index contributed by atoms with van der Waals surface area (Å²) in [6.45, 7) is 6.50. The van der Waals surface area contributed by atoms with Gasteiger partial charge in [-0.05, 0) is 57.0 Å². The van der Waals surface area contributed by atoms with Crippen LogP contribution in [0.1, 0.15) is 37.2 Å². The van der Waals surface area contributed by atoms with Crippen molar-refractivity contribution in [2.45, 2.75) is 38.8 Å². The van der Waals surface area contributed by atoms with Crippen LogP contribution in [-0.2, 0) is 0 Å². The summed E-state index contributed by atoms with van der Waals surface area (Å²) in [7, 11) is 0. The van der Waals surface area contributed by atoms with Gasteiger partial charge in [0.1, 0.15) is 5.69 Å². The summed E-state index contributed by atoms with van der Waals surface area (Å²) in [5.74, 6) is -0.0285. The Bertz CT molecular complexity index is 986. The average molecular weight is 396 g/mol. The topological polar surface area (TPSA) is 37.3 Å². The predicted molar refractivity (Wildman–Crippen MR) is 115 cm³/mol. The molecular weight excluding hydrogens is 370 g/mol. The maximum Gasteiger partial charge on any atom is 0.268 e. The zero-order valence-corrected chi connectivity index (χ0v) is 17.1. The lowest BCUT2D eigenvalue weighted by Gasteiger charge is -2.34. The number of fused-ring (bicyclic) bond motifs is 1. The second kappa shape index (κ2) is 7.98. The molecule has 1 N–H and O–H groups in total. The fraction of sp³-hybridized carbons (Fsp3) is 0.348. The van der Waals surface area contributed by atoms with Gasteiger partial charge in [0.05, 0.1) is 5.52 Å². The minimum Gasteiger partial charge on any atom is -0.348 e. The number of benzene rings is 2. The third-order valence-corrected chi connectivity index (χ3v) is 5.84. The number of carbonyl (C=O) groups excluding carboxylic acids is 1. The molecule has 28 heavy (non-hydrogen) atoms. The molecule has 4 nitrogen and oxygen atoms in total. The molecule has 0 radical (unpaired) electrons. The van der Waals surface area contributed by atoms with Gasteiger partial charge in [0.2, 0.25) is 0 Å². The molecule has 3 aromatic rings. The van der Waals surface area contributed by atoms with Gasteiger partial charge in [-0.15, -0.1) is 0 Å². The Morgan fingerprint density at radius 1 is 1.07 bits per heavy atom. The highest BCUT2D eigenvalue weighted by atomic mass is 35.5. The molecule has 146 valence electrons. The van der Waals surface area contributed by atoms with Crippen molar-refractivity contribution >= 4 is 28.4 Å². The van der Waals surface area contributed by atoms with E-state index in [2.05, 4.69) is 24.1 Å². The van der Waals surface area contributed by atoms with E-state index in [9.17, 15) is 4.79 Å². The predicted octanol–water partition coefficient (Wildman–Crippen LogP) is 4.89. The van der Waals surface area contributed by atoms with Gasteiger partial charge in [-0.3, -0.25) is 4.79 Å². The van der Waals surface area contributed by atoms with Crippen molar-refractivity contribution in [2.75, 3.05) is 13.1 Å². The summed E-state index contributed by atoms with van der Waals surface area (Å²) in [5.41, 5.74) is 2.55. The number of piperidine rings is 1. The SMILES string of the molecule is CC(C)N1CCC(NC(=O)c2cc3ccccc3n2-c2cccc(Cl)c2)CC1. The lowest BCUT2D eigenvalue weighted by molar-refractivity contribution is 0.0894. The third kappa shape index (κ3) is 3.80. The number of hydrogen-bond acceptors (Lipinski definition) is 2. The molecule has 2 aromatic carbocycles. The van der Waals surface area contributed by atoms with E-state index < -0.39 is 0 Å². The van der Waals surface area contributed by atoms with E-state index in [1.807, 2.05) is 59.2 Å². The van der Waals surface area contributed by atoms with Crippen molar-refractivity contribution < 1.29 is 4.79 Å². The van der Waals surface area contributed by atoms with Crippen molar-refractivity contribution in [3.05, 3.63) is 65.3 Å². The van der Waals surface area contributed by atoms with Gasteiger partial charge in [-0.1, -0.05) is 35.9 Å². The van der Waals surface area contributed by atoms with Crippen LogP contribution < -0.4 is 5.32 Å². The standard InChI is InChI=1S/C23H26ClN3O/c1-16(2)26-12-10-19(11-13-26)25-23(28)22-14-17-6-3-4-9-21(17)27(22)20-8-5-7-18(24)15-20/h3-9,14-16,19H,10-13H2,1-2H3,(H,25,28). The van der Waals surface area contributed by atoms with E-state index in [0.29, 0.717) is 16.8 Å². The first-order chi connectivity index (χ1) is 13.5. The molecule has 0 bridgehead atoms. The van der Waals surface area contributed by atoms with E-state index >= 15 is 0 Å². The number of hydrogen-bond donors (Lipinski definition) is 1. The molecule has 1 saturated heterocycles. The molecule has 4 rings (SSSR count). The van der Waals surface area contributed by atoms with Gasteiger partial charge in [-0.25, -0.2) is 0 Å². The average Bonchev–Trinajstić information content (AvgIpc) is 3.08. The van der Waals surface area contributed by atoms with Crippen LogP contribution in [0.15, 0.2) is 54.6 Å². The largest absolute Gasteiger partial charge is 0.348 e. The number of rotatable bonds is 4. The van der Waals surface area contributed by atoms with Crippen LogP contribution in [-0.4, -0.2) is 40.5 Å². The summed E-state index contributed by atoms with van der Waals surface area (Å²) in [5, 5.41) is 4.96. The zero-order valence-electron chi connectivity index (χ0n) is 16.4. The third-order valence-electron chi connectivity index (χ3n) is 5.60. The van der Waals surface area contributed by atoms with Gasteiger partial charge in [0, 0.05) is 41.3 Å². The Hall–Kier alpha value is -2.30. The van der Waals surface area contributed by atoms with E-state index in [1.165, 1.54) is 0 Å². The fourth-order valence-corrected chi connectivity index (χ4v) is 4.22. The maximum atomic E-state index is 13.2. The lowest BCUT2D eigenvalue weighted by atomic mass is 10.0. The molecule has 2 heterocycles. The van der Waals surface area contributed by atoms with Gasteiger partial charge >= 0.3 is 0 Å². The lowest BCUT2D eigenvalue weighted by Crippen LogP contribution is -2.46. The van der Waals surface area contributed by atoms with Crippen LogP contribution in [0.3, 0.4) is 0 Å². The maximum absolute atomic E-state index is 13.2. The van der Waals surface area contributed by atoms with Crippen LogP contribution in [0.25, 0.3) is 16.6 Å². The molecule has 0 unspecified atom stereocenters. The van der Waals surface area contributed by atoms with Crippen molar-refractivity contribution in [3.63, 3.8) is 0 Å². The van der Waals surface area contributed by atoms with E-state index in [0.717, 1.165) is 42.5 Å². The van der Waals surface area contributed by atoms with Crippen LogP contribution in [0.5, 0.6) is 0 Å². The Labute approximate surface area is 171 Å². The Balaban J connectivity index is 1.63. The quantitative estimate of drug-likeness (QED) is 0.683. The van der Waals surface area contributed by atoms with E-state index in [-0.39, 0.29) is 11.9 Å². The smallest absolute Gasteiger partial charge is 0.268 e. The van der Waals surface area contributed by atoms with Crippen LogP contribution >= 0.6 is 11.6 Å². The Morgan fingerprint density at radius 3 is 2.54 bits per heavy atom. The van der Waals surface area contributed by atoms with Crippen LogP contribution in [0.2, 0.25) is 5.02 Å². The minimum atomic E-state index is -0.0285. The van der Waals surface area contributed by atoms with Crippen molar-refractivity contribution in [1.29, 1.82) is 0 Å². The normalized spacial score (nSPS) is 16.0. The molecule has 1 aliphatic heterocycles. The zero-order chi connectivity index (χ0) is 19.7. The number of nitrogens with zero attached hydrogens (tertiary/aromatic N) is 2. The van der Waals surface area contributed by atoms with Gasteiger partial charge in [0.25, 0.3) is 5.91 Å². The summed E-state index contributed by atoms with van der Waals surface area (Å²) >= 11 is 6.22. The van der Waals surface area contributed by atoms with Gasteiger partial charge in [0.15, 0.2) is 0 Å². The second-order valence-corrected chi connectivity index (χ2v) is 8.22. The molecule has 1 aliphatic rings. The number of carbonyl (C=O) groups is 1. The fourth-order valence-electron chi connectivity index (χ4n) is 4.03. The van der Waals surface area contributed by atoms with E-state index in [1.54, 1.807) is 0 Å². The number of nitrogens with one attached hydrogen (secondary N) is 1. The molecule has 1 fully saturated rings. The molecule has 1 amide bonds. The summed E-state index contributed by atoms with van der Waals surface area (Å²) < 4.78 is 2.00. The highest BCUT2D eigenvalue weighted by Gasteiger charge is 2.24. The minimum absolute atomic E-state index is 0.0285. The number of likely N-dealkylation sites (tertiary alicyclic amines) is 1. The highest BCUT2D eigenvalue weighted by molar-refractivity contribution is 6.30. The first-order valence-corrected chi connectivity index (χ1v) is 10.3. The summed E-state index contributed by atoms with van der Waals surface area (Å²) in [6, 6.07) is 18.4. The van der Waals surface area contributed by atoms with Crippen LogP contribution in [0.4, 0.5) is 0 Å². The molecule has 0 saturated carbocycles. The monoisotopic (exact) mass is 395 g/mol. The van der Waals surface area contributed by atoms with Crippen LogP contribution in [0, 0.1) is 0 Å². The Kier molecular flexibility index (Phi) is 5.42. The summed E-state index contributed by atoms with van der Waals surface area (Å²) in [4.78, 5) is 15.7. The van der Waals surface area contributed by atoms with E-state index in [4.69, 9.17) is 11.6 Å². The molecule has 0 atom stereocenters. The number of halogens is 1. The first-order valence-electron chi connectivity index (χ1n) is 9.94. The number of amides is 1. The number of aromatic nitrogens is 1. The van der Waals surface area contributed by atoms with Gasteiger partial charge < -0.3 is 14.8 Å². The molecule has 5 heteroatoms. The van der Waals surface area contributed by atoms with Crippen molar-refractivity contribution in [3.8, 4) is 5.69 Å². The molecule has 0 spiro atoms. The molecule has 0 aliphatic carbocycles. The molecule has 1 aromatic heterocycles. The number of para-hydroxylation sites is 1. The highest BCUT2D eigenvalue weighted by Crippen LogP contribution is 2.26. The first kappa shape index (κ1) is 19.0.